The molecular formula is C5H3BrClF2NOS. The molecule has 0 saturated carbocycles. The van der Waals surface area contributed by atoms with Crippen LogP contribution in [0.25, 0.3) is 0 Å². The Hall–Kier alpha value is 0.220. The molecule has 0 fully saturated rings. The number of aromatic nitrogens is 1. The number of thiazole rings is 1. The van der Waals surface area contributed by atoms with Crippen molar-refractivity contribution in [2.75, 3.05) is 0 Å². The van der Waals surface area contributed by atoms with Crippen molar-refractivity contribution in [2.45, 2.75) is 10.9 Å². The molecule has 1 unspecified atom stereocenters. The molecule has 0 amide bonds. The van der Waals surface area contributed by atoms with Gasteiger partial charge < -0.3 is 5.11 Å². The van der Waals surface area contributed by atoms with Crippen molar-refractivity contribution in [1.29, 1.82) is 0 Å². The summed E-state index contributed by atoms with van der Waals surface area (Å²) in [4.78, 5) is 0.142. The SMILES string of the molecule is OC(c1ncc(Cl)s1)C(F)(F)Br. The van der Waals surface area contributed by atoms with Crippen LogP contribution in [0.4, 0.5) is 8.78 Å². The van der Waals surface area contributed by atoms with Crippen molar-refractivity contribution >= 4 is 38.9 Å². The third-order valence-corrected chi connectivity index (χ3v) is 2.64. The summed E-state index contributed by atoms with van der Waals surface area (Å²) in [5.41, 5.74) is 0. The fraction of sp³-hybridized carbons (Fsp3) is 0.400. The molecule has 1 aromatic heterocycles. The minimum Gasteiger partial charge on any atom is -0.379 e. The number of halogens is 4. The Morgan fingerprint density at radius 3 is 2.67 bits per heavy atom. The summed E-state index contributed by atoms with van der Waals surface area (Å²) in [5, 5.41) is 8.85. The molecule has 68 valence electrons. The quantitative estimate of drug-likeness (QED) is 0.844. The predicted molar refractivity (Wildman–Crippen MR) is 46.0 cm³/mol. The first-order chi connectivity index (χ1) is 5.41. The Bertz CT molecular complexity index is 277. The molecule has 0 aliphatic rings. The van der Waals surface area contributed by atoms with Crippen LogP contribution in [0, 0.1) is 0 Å². The van der Waals surface area contributed by atoms with Crippen molar-refractivity contribution in [3.05, 3.63) is 15.5 Å². The standard InChI is InChI=1S/C5H3BrClF2NOS/c6-5(8,9)3(11)4-10-1-2(7)12-4/h1,3,11H. The highest BCUT2D eigenvalue weighted by atomic mass is 79.9. The second-order valence-corrected chi connectivity index (χ2v) is 4.70. The molecule has 1 heterocycles. The molecule has 12 heavy (non-hydrogen) atoms. The van der Waals surface area contributed by atoms with Crippen LogP contribution in [-0.2, 0) is 0 Å². The second-order valence-electron chi connectivity index (χ2n) is 1.95. The van der Waals surface area contributed by atoms with Gasteiger partial charge in [-0.2, -0.15) is 8.78 Å². The van der Waals surface area contributed by atoms with E-state index in [1.807, 2.05) is 15.9 Å². The molecule has 1 aromatic rings. The van der Waals surface area contributed by atoms with Crippen LogP contribution in [0.2, 0.25) is 4.34 Å². The van der Waals surface area contributed by atoms with Gasteiger partial charge in [0.2, 0.25) is 0 Å². The van der Waals surface area contributed by atoms with Gasteiger partial charge in [0.25, 0.3) is 0 Å². The van der Waals surface area contributed by atoms with Crippen molar-refractivity contribution in [2.24, 2.45) is 0 Å². The smallest absolute Gasteiger partial charge is 0.333 e. The molecule has 0 saturated heterocycles. The van der Waals surface area contributed by atoms with Crippen molar-refractivity contribution in [1.82, 2.24) is 4.98 Å². The highest BCUT2D eigenvalue weighted by Gasteiger charge is 2.38. The fourth-order valence-corrected chi connectivity index (χ4v) is 1.86. The minimum atomic E-state index is -3.37. The van der Waals surface area contributed by atoms with Gasteiger partial charge in [-0.05, 0) is 15.9 Å². The van der Waals surface area contributed by atoms with Gasteiger partial charge in [0.15, 0.2) is 6.10 Å². The number of hydrogen-bond acceptors (Lipinski definition) is 3. The third-order valence-electron chi connectivity index (χ3n) is 1.04. The molecule has 0 bridgehead atoms. The molecule has 1 atom stereocenters. The lowest BCUT2D eigenvalue weighted by Crippen LogP contribution is -2.17. The Morgan fingerprint density at radius 1 is 1.75 bits per heavy atom. The van der Waals surface area contributed by atoms with Crippen LogP contribution in [-0.4, -0.2) is 14.9 Å². The van der Waals surface area contributed by atoms with Gasteiger partial charge in [-0.3, -0.25) is 0 Å². The summed E-state index contributed by atoms with van der Waals surface area (Å²) in [6, 6.07) is 0. The van der Waals surface area contributed by atoms with Crippen LogP contribution in [0.5, 0.6) is 0 Å². The first-order valence-electron chi connectivity index (χ1n) is 2.77. The number of aliphatic hydroxyl groups excluding tert-OH is 1. The summed E-state index contributed by atoms with van der Waals surface area (Å²) in [6.45, 7) is 0. The highest BCUT2D eigenvalue weighted by Crippen LogP contribution is 2.38. The minimum absolute atomic E-state index is 0.109. The number of alkyl halides is 3. The second kappa shape index (κ2) is 3.53. The summed E-state index contributed by atoms with van der Waals surface area (Å²) < 4.78 is 25.1. The maximum Gasteiger partial charge on any atom is 0.333 e. The maximum atomic E-state index is 12.4. The Labute approximate surface area is 84.3 Å². The van der Waals surface area contributed by atoms with E-state index in [1.165, 1.54) is 6.20 Å². The van der Waals surface area contributed by atoms with Crippen LogP contribution in [0.3, 0.4) is 0 Å². The van der Waals surface area contributed by atoms with Crippen molar-refractivity contribution in [3.63, 3.8) is 0 Å². The van der Waals surface area contributed by atoms with Gasteiger partial charge in [-0.25, -0.2) is 4.98 Å². The molecule has 0 radical (unpaired) electrons. The van der Waals surface area contributed by atoms with Crippen LogP contribution in [0.15, 0.2) is 6.20 Å². The lowest BCUT2D eigenvalue weighted by Gasteiger charge is -2.12. The third kappa shape index (κ3) is 2.35. The number of hydrogen-bond donors (Lipinski definition) is 1. The van der Waals surface area contributed by atoms with Gasteiger partial charge in [0, 0.05) is 0 Å². The number of rotatable bonds is 2. The molecule has 0 aliphatic heterocycles. The molecule has 2 nitrogen and oxygen atoms in total. The normalized spacial score (nSPS) is 14.8. The Morgan fingerprint density at radius 2 is 2.33 bits per heavy atom. The molecule has 0 aromatic carbocycles. The Balaban J connectivity index is 2.85. The molecule has 7 heteroatoms. The largest absolute Gasteiger partial charge is 0.379 e. The molecule has 1 rings (SSSR count). The predicted octanol–water partition coefficient (Wildman–Crippen LogP) is 2.82. The van der Waals surface area contributed by atoms with Gasteiger partial charge >= 0.3 is 4.83 Å². The summed E-state index contributed by atoms with van der Waals surface area (Å²) >= 11 is 8.29. The van der Waals surface area contributed by atoms with Crippen LogP contribution >= 0.6 is 38.9 Å². The lowest BCUT2D eigenvalue weighted by atomic mass is 10.4. The van der Waals surface area contributed by atoms with E-state index >= 15 is 0 Å². The van der Waals surface area contributed by atoms with E-state index in [4.69, 9.17) is 16.7 Å². The Kier molecular flexibility index (Phi) is 3.03. The first kappa shape index (κ1) is 10.3. The van der Waals surface area contributed by atoms with E-state index in [1.54, 1.807) is 0 Å². The lowest BCUT2D eigenvalue weighted by molar-refractivity contribution is -0.0295. The van der Waals surface area contributed by atoms with E-state index < -0.39 is 10.9 Å². The van der Waals surface area contributed by atoms with E-state index in [0.29, 0.717) is 0 Å². The zero-order chi connectivity index (χ0) is 9.35. The van der Waals surface area contributed by atoms with Gasteiger partial charge in [0.1, 0.15) is 9.34 Å². The molecule has 1 N–H and O–H groups in total. The average Bonchev–Trinajstić information content (AvgIpc) is 2.32. The van der Waals surface area contributed by atoms with E-state index in [9.17, 15) is 8.78 Å². The number of aliphatic hydroxyl groups is 1. The van der Waals surface area contributed by atoms with E-state index in [-0.39, 0.29) is 9.34 Å². The van der Waals surface area contributed by atoms with Gasteiger partial charge in [-0.15, -0.1) is 11.3 Å². The monoisotopic (exact) mass is 277 g/mol. The molecular weight excluding hydrogens is 275 g/mol. The van der Waals surface area contributed by atoms with Crippen molar-refractivity contribution < 1.29 is 13.9 Å². The number of nitrogens with zero attached hydrogens (tertiary/aromatic N) is 1. The highest BCUT2D eigenvalue weighted by molar-refractivity contribution is 9.10. The van der Waals surface area contributed by atoms with Gasteiger partial charge in [0.05, 0.1) is 6.20 Å². The summed E-state index contributed by atoms with van der Waals surface area (Å²) in [7, 11) is 0. The zero-order valence-corrected chi connectivity index (χ0v) is 8.63. The first-order valence-corrected chi connectivity index (χ1v) is 4.76. The topological polar surface area (TPSA) is 33.1 Å². The van der Waals surface area contributed by atoms with E-state index in [2.05, 4.69) is 4.98 Å². The fourth-order valence-electron chi connectivity index (χ4n) is 0.533. The van der Waals surface area contributed by atoms with E-state index in [0.717, 1.165) is 11.3 Å². The summed E-state index contributed by atoms with van der Waals surface area (Å²) in [5.74, 6) is 0. The van der Waals surface area contributed by atoms with Gasteiger partial charge in [-0.1, -0.05) is 11.6 Å². The maximum absolute atomic E-state index is 12.4. The molecule has 0 aliphatic carbocycles. The van der Waals surface area contributed by atoms with Crippen LogP contribution < -0.4 is 0 Å². The van der Waals surface area contributed by atoms with Crippen molar-refractivity contribution in [3.8, 4) is 0 Å². The average molecular weight is 279 g/mol. The molecule has 0 spiro atoms. The zero-order valence-electron chi connectivity index (χ0n) is 5.47. The summed E-state index contributed by atoms with van der Waals surface area (Å²) in [6.07, 6.45) is -0.737. The van der Waals surface area contributed by atoms with Crippen LogP contribution in [0.1, 0.15) is 11.1 Å².